The highest BCUT2D eigenvalue weighted by molar-refractivity contribution is 6.51. The van der Waals surface area contributed by atoms with Crippen LogP contribution in [0.15, 0.2) is 66.2 Å². The Kier molecular flexibility index (Phi) is 5.26. The lowest BCUT2D eigenvalue weighted by Crippen LogP contribution is -2.30. The zero-order valence-corrected chi connectivity index (χ0v) is 17.3. The second-order valence-corrected chi connectivity index (χ2v) is 7.66. The number of nitrogens with zero attached hydrogens (tertiary/aromatic N) is 1. The lowest BCUT2D eigenvalue weighted by Gasteiger charge is -2.26. The summed E-state index contributed by atoms with van der Waals surface area (Å²) in [6.07, 6.45) is 0. The minimum absolute atomic E-state index is 0.140. The van der Waals surface area contributed by atoms with Crippen LogP contribution in [0.5, 0.6) is 5.75 Å². The summed E-state index contributed by atoms with van der Waals surface area (Å²) in [6.45, 7) is 3.73. The molecule has 0 aromatic heterocycles. The number of hydrogen-bond donors (Lipinski definition) is 2. The molecule has 1 aliphatic heterocycles. The highest BCUT2D eigenvalue weighted by Crippen LogP contribution is 2.43. The molecule has 0 radical (unpaired) electrons. The molecule has 2 N–H and O–H groups in total. The molecule has 0 aliphatic carbocycles. The summed E-state index contributed by atoms with van der Waals surface area (Å²) in [5, 5.41) is 21.0. The lowest BCUT2D eigenvalue weighted by atomic mass is 9.94. The molecule has 1 unspecified atom stereocenters. The minimum Gasteiger partial charge on any atom is -0.508 e. The van der Waals surface area contributed by atoms with Gasteiger partial charge in [0.05, 0.1) is 17.3 Å². The zero-order chi connectivity index (χ0) is 23.2. The van der Waals surface area contributed by atoms with Gasteiger partial charge in [0.15, 0.2) is 0 Å². The van der Waals surface area contributed by atoms with Crippen molar-refractivity contribution >= 4 is 23.1 Å². The van der Waals surface area contributed by atoms with Gasteiger partial charge in [-0.1, -0.05) is 24.3 Å². The quantitative estimate of drug-likeness (QED) is 0.348. The number of rotatable bonds is 3. The molecule has 162 valence electrons. The largest absolute Gasteiger partial charge is 0.508 e. The van der Waals surface area contributed by atoms with Crippen molar-refractivity contribution in [1.29, 1.82) is 0 Å². The van der Waals surface area contributed by atoms with Crippen LogP contribution in [-0.2, 0) is 9.59 Å². The van der Waals surface area contributed by atoms with Gasteiger partial charge in [-0.2, -0.15) is 0 Å². The van der Waals surface area contributed by atoms with E-state index in [4.69, 9.17) is 0 Å². The van der Waals surface area contributed by atoms with Crippen molar-refractivity contribution in [3.05, 3.63) is 100 Å². The average Bonchev–Trinajstić information content (AvgIpc) is 3.00. The van der Waals surface area contributed by atoms with Crippen molar-refractivity contribution in [1.82, 2.24) is 0 Å². The molecule has 0 saturated carbocycles. The summed E-state index contributed by atoms with van der Waals surface area (Å²) in [7, 11) is 0. The number of aliphatic hydroxyl groups is 1. The van der Waals surface area contributed by atoms with Crippen molar-refractivity contribution in [2.24, 2.45) is 0 Å². The molecular weight excluding hydrogens is 416 g/mol. The summed E-state index contributed by atoms with van der Waals surface area (Å²) >= 11 is 0. The Morgan fingerprint density at radius 1 is 0.938 bits per heavy atom. The van der Waals surface area contributed by atoms with Gasteiger partial charge in [0.1, 0.15) is 23.1 Å². The first-order valence-electron chi connectivity index (χ1n) is 9.81. The van der Waals surface area contributed by atoms with Crippen LogP contribution in [-0.4, -0.2) is 21.9 Å². The van der Waals surface area contributed by atoms with Crippen molar-refractivity contribution in [3.63, 3.8) is 0 Å². The Balaban J connectivity index is 1.99. The molecule has 4 rings (SSSR count). The summed E-state index contributed by atoms with van der Waals surface area (Å²) in [4.78, 5) is 26.9. The summed E-state index contributed by atoms with van der Waals surface area (Å²) in [5.41, 5.74) is 1.85. The molecule has 5 nitrogen and oxygen atoms in total. The third-order valence-electron chi connectivity index (χ3n) is 5.58. The van der Waals surface area contributed by atoms with E-state index in [1.807, 2.05) is 13.8 Å². The van der Waals surface area contributed by atoms with Crippen LogP contribution in [0.25, 0.3) is 5.76 Å². The number of carbonyl (C=O) groups excluding carboxylic acids is 2. The Morgan fingerprint density at radius 3 is 2.34 bits per heavy atom. The van der Waals surface area contributed by atoms with Gasteiger partial charge in [-0.05, 0) is 60.9 Å². The van der Waals surface area contributed by atoms with Gasteiger partial charge in [0.2, 0.25) is 0 Å². The van der Waals surface area contributed by atoms with E-state index >= 15 is 0 Å². The van der Waals surface area contributed by atoms with E-state index in [9.17, 15) is 28.6 Å². The number of aryl methyl sites for hydroxylation is 2. The van der Waals surface area contributed by atoms with Gasteiger partial charge < -0.3 is 10.2 Å². The lowest BCUT2D eigenvalue weighted by molar-refractivity contribution is -0.132. The number of amides is 1. The van der Waals surface area contributed by atoms with Crippen LogP contribution in [0.4, 0.5) is 14.5 Å². The van der Waals surface area contributed by atoms with Crippen molar-refractivity contribution < 1.29 is 28.6 Å². The van der Waals surface area contributed by atoms with Crippen LogP contribution >= 0.6 is 0 Å². The third-order valence-corrected chi connectivity index (χ3v) is 5.58. The van der Waals surface area contributed by atoms with Crippen LogP contribution in [0.3, 0.4) is 0 Å². The molecular formula is C25H19F2NO4. The average molecular weight is 435 g/mol. The van der Waals surface area contributed by atoms with E-state index in [0.717, 1.165) is 28.2 Å². The highest BCUT2D eigenvalue weighted by atomic mass is 19.1. The molecule has 32 heavy (non-hydrogen) atoms. The van der Waals surface area contributed by atoms with Gasteiger partial charge in [0.25, 0.3) is 11.7 Å². The fourth-order valence-electron chi connectivity index (χ4n) is 3.81. The van der Waals surface area contributed by atoms with Gasteiger partial charge in [-0.15, -0.1) is 0 Å². The standard InChI is InChI=1S/C25H19F2NO4/c1-13-6-7-16(10-14(13)2)23(30)21-22(15-4-3-5-18(29)11-15)28(25(32)24(21)31)20-9-8-17(26)12-19(20)27/h3-12,22,29-30H,1-2H3/b23-21+. The Morgan fingerprint density at radius 2 is 1.69 bits per heavy atom. The van der Waals surface area contributed by atoms with Crippen LogP contribution < -0.4 is 4.90 Å². The normalized spacial score (nSPS) is 17.8. The predicted molar refractivity (Wildman–Crippen MR) is 115 cm³/mol. The predicted octanol–water partition coefficient (Wildman–Crippen LogP) is 4.91. The minimum atomic E-state index is -1.23. The monoisotopic (exact) mass is 435 g/mol. The number of benzene rings is 3. The molecule has 1 fully saturated rings. The van der Waals surface area contributed by atoms with Gasteiger partial charge in [0, 0.05) is 11.6 Å². The van der Waals surface area contributed by atoms with Crippen molar-refractivity contribution in [2.75, 3.05) is 4.90 Å². The molecule has 1 amide bonds. The van der Waals surface area contributed by atoms with E-state index in [1.54, 1.807) is 24.3 Å². The Hall–Kier alpha value is -4.00. The number of aliphatic hydroxyl groups excluding tert-OH is 1. The van der Waals surface area contributed by atoms with Crippen LogP contribution in [0.2, 0.25) is 0 Å². The number of anilines is 1. The topological polar surface area (TPSA) is 77.8 Å². The van der Waals surface area contributed by atoms with E-state index in [-0.39, 0.29) is 22.6 Å². The molecule has 1 aliphatic rings. The van der Waals surface area contributed by atoms with E-state index < -0.39 is 35.1 Å². The molecule has 1 heterocycles. The first kappa shape index (κ1) is 21.2. The number of Topliss-reactive ketones (excluding diaryl/α,β-unsaturated/α-hetero) is 1. The van der Waals surface area contributed by atoms with E-state index in [1.165, 1.54) is 18.2 Å². The first-order chi connectivity index (χ1) is 15.2. The third kappa shape index (κ3) is 3.51. The van der Waals surface area contributed by atoms with Gasteiger partial charge >= 0.3 is 0 Å². The van der Waals surface area contributed by atoms with E-state index in [2.05, 4.69) is 0 Å². The highest BCUT2D eigenvalue weighted by Gasteiger charge is 2.47. The number of carbonyl (C=O) groups is 2. The second-order valence-electron chi connectivity index (χ2n) is 7.66. The fraction of sp³-hybridized carbons (Fsp3) is 0.120. The number of halogens is 2. The first-order valence-corrected chi connectivity index (χ1v) is 9.81. The number of ketones is 1. The molecule has 0 spiro atoms. The molecule has 0 bridgehead atoms. The van der Waals surface area contributed by atoms with Crippen LogP contribution in [0, 0.1) is 25.5 Å². The number of hydrogen-bond acceptors (Lipinski definition) is 4. The smallest absolute Gasteiger partial charge is 0.300 e. The van der Waals surface area contributed by atoms with Crippen molar-refractivity contribution in [2.45, 2.75) is 19.9 Å². The second kappa shape index (κ2) is 7.92. The Labute approximate surface area is 182 Å². The molecule has 3 aromatic carbocycles. The maximum atomic E-state index is 14.6. The number of phenols is 1. The van der Waals surface area contributed by atoms with Gasteiger partial charge in [-0.25, -0.2) is 8.78 Å². The summed E-state index contributed by atoms with van der Waals surface area (Å²) in [6, 6.07) is 12.2. The molecule has 3 aromatic rings. The Bertz CT molecular complexity index is 1300. The number of phenolic OH excluding ortho intramolecular Hbond substituents is 1. The van der Waals surface area contributed by atoms with E-state index in [0.29, 0.717) is 11.6 Å². The van der Waals surface area contributed by atoms with Crippen molar-refractivity contribution in [3.8, 4) is 5.75 Å². The molecule has 1 saturated heterocycles. The molecule has 7 heteroatoms. The SMILES string of the molecule is Cc1ccc(/C(O)=C2\C(=O)C(=O)N(c3ccc(F)cc3F)C2c2cccc(O)c2)cc1C. The summed E-state index contributed by atoms with van der Waals surface area (Å²) in [5.74, 6) is -4.54. The molecule has 1 atom stereocenters. The van der Waals surface area contributed by atoms with Crippen LogP contribution in [0.1, 0.15) is 28.3 Å². The van der Waals surface area contributed by atoms with Gasteiger partial charge in [-0.3, -0.25) is 14.5 Å². The number of aromatic hydroxyl groups is 1. The maximum absolute atomic E-state index is 14.6. The zero-order valence-electron chi connectivity index (χ0n) is 17.3. The fourth-order valence-corrected chi connectivity index (χ4v) is 3.81. The maximum Gasteiger partial charge on any atom is 0.300 e. The summed E-state index contributed by atoms with van der Waals surface area (Å²) < 4.78 is 28.1.